The minimum absolute atomic E-state index is 0.0772. The summed E-state index contributed by atoms with van der Waals surface area (Å²) in [5, 5.41) is 2.69. The smallest absolute Gasteiger partial charge is 0.264 e. The van der Waals surface area contributed by atoms with Gasteiger partial charge in [-0.15, -0.1) is 0 Å². The Hall–Kier alpha value is -3.61. The van der Waals surface area contributed by atoms with Crippen molar-refractivity contribution in [2.75, 3.05) is 43.5 Å². The number of carbonyl (C=O) groups is 1. The number of amides is 1. The van der Waals surface area contributed by atoms with Crippen LogP contribution in [0.1, 0.15) is 31.2 Å². The molecule has 10 nitrogen and oxygen atoms in total. The Bertz CT molecular complexity index is 1570. The van der Waals surface area contributed by atoms with Gasteiger partial charge in [-0.25, -0.2) is 16.8 Å². The summed E-state index contributed by atoms with van der Waals surface area (Å²) in [6.45, 7) is 2.34. The molecule has 1 N–H and O–H groups in total. The number of ether oxygens (including phenoxy) is 2. The van der Waals surface area contributed by atoms with E-state index in [2.05, 4.69) is 5.32 Å². The molecule has 12 heteroatoms. The maximum atomic E-state index is 13.8. The third-order valence-corrected chi connectivity index (χ3v) is 10.6. The topological polar surface area (TPSA) is 122 Å². The molecule has 1 aliphatic rings. The second-order valence-electron chi connectivity index (χ2n) is 9.75. The molecule has 1 heterocycles. The van der Waals surface area contributed by atoms with Gasteiger partial charge in [0.05, 0.1) is 29.7 Å². The lowest BCUT2D eigenvalue weighted by Crippen LogP contribution is -2.38. The van der Waals surface area contributed by atoms with Crippen molar-refractivity contribution in [2.24, 2.45) is 0 Å². The van der Waals surface area contributed by atoms with Crippen molar-refractivity contribution in [2.45, 2.75) is 42.4 Å². The lowest BCUT2D eigenvalue weighted by atomic mass is 10.2. The predicted octanol–water partition coefficient (Wildman–Crippen LogP) is 4.41. The monoisotopic (exact) mass is 601 g/mol. The molecule has 1 saturated heterocycles. The summed E-state index contributed by atoms with van der Waals surface area (Å²) in [5.74, 6) is 0.00207. The zero-order chi connectivity index (χ0) is 29.6. The Kier molecular flexibility index (Phi) is 9.57. The van der Waals surface area contributed by atoms with Crippen molar-refractivity contribution in [3.05, 3.63) is 72.3 Å². The highest BCUT2D eigenvalue weighted by atomic mass is 32.2. The average molecular weight is 602 g/mol. The highest BCUT2D eigenvalue weighted by Crippen LogP contribution is 2.32. The number of hydrogen-bond donors (Lipinski definition) is 1. The molecule has 0 atom stereocenters. The van der Waals surface area contributed by atoms with Gasteiger partial charge in [-0.3, -0.25) is 9.10 Å². The van der Waals surface area contributed by atoms with Gasteiger partial charge in [-0.1, -0.05) is 30.5 Å². The van der Waals surface area contributed by atoms with Crippen molar-refractivity contribution in [1.82, 2.24) is 4.31 Å². The van der Waals surface area contributed by atoms with Gasteiger partial charge in [-0.05, 0) is 68.3 Å². The van der Waals surface area contributed by atoms with E-state index in [1.165, 1.54) is 61.0 Å². The standard InChI is InChI=1S/C29H35N3O7S2/c1-22-8-12-24(13-9-22)32(41(36,37)26-16-17-27(38-2)28(20-26)39-3)21-29(33)30-23-10-14-25(15-11-23)40(34,35)31-18-6-4-5-7-19-31/h8-17,20H,4-7,18-19,21H2,1-3H3,(H,30,33). The molecule has 1 amide bonds. The van der Waals surface area contributed by atoms with E-state index in [0.717, 1.165) is 35.6 Å². The quantitative estimate of drug-likeness (QED) is 0.365. The molecular formula is C29H35N3O7S2. The predicted molar refractivity (Wildman–Crippen MR) is 158 cm³/mol. The van der Waals surface area contributed by atoms with Crippen LogP contribution in [0.25, 0.3) is 0 Å². The molecule has 0 spiro atoms. The Balaban J connectivity index is 1.56. The van der Waals surface area contributed by atoms with Crippen LogP contribution in [0.4, 0.5) is 11.4 Å². The number of anilines is 2. The van der Waals surface area contributed by atoms with E-state index in [0.29, 0.717) is 30.2 Å². The van der Waals surface area contributed by atoms with Gasteiger partial charge in [0.25, 0.3) is 10.0 Å². The van der Waals surface area contributed by atoms with E-state index < -0.39 is 32.5 Å². The maximum Gasteiger partial charge on any atom is 0.264 e. The molecule has 0 aliphatic carbocycles. The Morgan fingerprint density at radius 2 is 1.39 bits per heavy atom. The number of methoxy groups -OCH3 is 2. The molecule has 3 aromatic rings. The molecule has 0 radical (unpaired) electrons. The first-order chi connectivity index (χ1) is 19.6. The van der Waals surface area contributed by atoms with Gasteiger partial charge in [0.1, 0.15) is 6.54 Å². The summed E-state index contributed by atoms with van der Waals surface area (Å²) in [4.78, 5) is 13.2. The first-order valence-electron chi connectivity index (χ1n) is 13.3. The van der Waals surface area contributed by atoms with Crippen LogP contribution >= 0.6 is 0 Å². The highest BCUT2D eigenvalue weighted by molar-refractivity contribution is 7.92. The van der Waals surface area contributed by atoms with Crippen LogP contribution in [-0.4, -0.2) is 60.9 Å². The normalized spacial score (nSPS) is 14.6. The number of aryl methyl sites for hydroxylation is 1. The largest absolute Gasteiger partial charge is 0.493 e. The molecule has 1 fully saturated rings. The van der Waals surface area contributed by atoms with Crippen molar-refractivity contribution in [3.8, 4) is 11.5 Å². The maximum absolute atomic E-state index is 13.8. The summed E-state index contributed by atoms with van der Waals surface area (Å²) >= 11 is 0. The zero-order valence-corrected chi connectivity index (χ0v) is 25.0. The van der Waals surface area contributed by atoms with Gasteiger partial charge in [0, 0.05) is 24.8 Å². The molecular weight excluding hydrogens is 566 g/mol. The van der Waals surface area contributed by atoms with E-state index in [4.69, 9.17) is 9.47 Å². The third-order valence-electron chi connectivity index (χ3n) is 6.89. The lowest BCUT2D eigenvalue weighted by molar-refractivity contribution is -0.114. The molecule has 0 unspecified atom stereocenters. The van der Waals surface area contributed by atoms with Crippen LogP contribution < -0.4 is 19.1 Å². The molecule has 41 heavy (non-hydrogen) atoms. The van der Waals surface area contributed by atoms with Gasteiger partial charge in [-0.2, -0.15) is 4.31 Å². The van der Waals surface area contributed by atoms with Crippen molar-refractivity contribution in [3.63, 3.8) is 0 Å². The van der Waals surface area contributed by atoms with Crippen LogP contribution in [0.5, 0.6) is 11.5 Å². The van der Waals surface area contributed by atoms with Gasteiger partial charge >= 0.3 is 0 Å². The van der Waals surface area contributed by atoms with E-state index in [1.807, 2.05) is 6.92 Å². The van der Waals surface area contributed by atoms with Crippen molar-refractivity contribution in [1.29, 1.82) is 0 Å². The van der Waals surface area contributed by atoms with Crippen LogP contribution in [0.15, 0.2) is 76.5 Å². The Labute approximate surface area is 242 Å². The first-order valence-corrected chi connectivity index (χ1v) is 16.2. The summed E-state index contributed by atoms with van der Waals surface area (Å²) in [6.07, 6.45) is 3.69. The highest BCUT2D eigenvalue weighted by Gasteiger charge is 2.29. The first kappa shape index (κ1) is 30.4. The number of sulfonamides is 2. The van der Waals surface area contributed by atoms with Crippen molar-refractivity contribution < 1.29 is 31.1 Å². The number of benzene rings is 3. The molecule has 4 rings (SSSR count). The SMILES string of the molecule is COc1ccc(S(=O)(=O)N(CC(=O)Nc2ccc(S(=O)(=O)N3CCCCCC3)cc2)c2ccc(C)cc2)cc1OC. The number of nitrogens with one attached hydrogen (secondary N) is 1. The van der Waals surface area contributed by atoms with Gasteiger partial charge < -0.3 is 14.8 Å². The summed E-state index contributed by atoms with van der Waals surface area (Å²) in [7, 11) is -4.98. The van der Waals surface area contributed by atoms with Crippen LogP contribution in [0.2, 0.25) is 0 Å². The average Bonchev–Trinajstić information content (AvgIpc) is 3.27. The van der Waals surface area contributed by atoms with Crippen LogP contribution in [0.3, 0.4) is 0 Å². The second-order valence-corrected chi connectivity index (χ2v) is 13.6. The van der Waals surface area contributed by atoms with E-state index in [1.54, 1.807) is 24.3 Å². The molecule has 3 aromatic carbocycles. The van der Waals surface area contributed by atoms with Gasteiger partial charge in [0.15, 0.2) is 11.5 Å². The molecule has 0 saturated carbocycles. The number of nitrogens with zero attached hydrogens (tertiary/aromatic N) is 2. The summed E-state index contributed by atoms with van der Waals surface area (Å²) < 4.78 is 66.7. The number of rotatable bonds is 10. The number of hydrogen-bond acceptors (Lipinski definition) is 7. The van der Waals surface area contributed by atoms with Crippen LogP contribution in [-0.2, 0) is 24.8 Å². The Morgan fingerprint density at radius 1 is 0.805 bits per heavy atom. The van der Waals surface area contributed by atoms with Gasteiger partial charge in [0.2, 0.25) is 15.9 Å². The fraction of sp³-hybridized carbons (Fsp3) is 0.345. The van der Waals surface area contributed by atoms with E-state index >= 15 is 0 Å². The molecule has 220 valence electrons. The summed E-state index contributed by atoms with van der Waals surface area (Å²) in [6, 6.07) is 16.9. The lowest BCUT2D eigenvalue weighted by Gasteiger charge is -2.25. The molecule has 0 aromatic heterocycles. The fourth-order valence-electron chi connectivity index (χ4n) is 4.60. The van der Waals surface area contributed by atoms with Crippen molar-refractivity contribution >= 4 is 37.3 Å². The zero-order valence-electron chi connectivity index (χ0n) is 23.4. The van der Waals surface area contributed by atoms with Crippen LogP contribution in [0, 0.1) is 6.92 Å². The Morgan fingerprint density at radius 3 is 1.98 bits per heavy atom. The summed E-state index contributed by atoms with van der Waals surface area (Å²) in [5.41, 5.74) is 1.58. The molecule has 1 aliphatic heterocycles. The van der Waals surface area contributed by atoms with E-state index in [9.17, 15) is 21.6 Å². The third kappa shape index (κ3) is 7.00. The minimum atomic E-state index is -4.20. The number of carbonyl (C=O) groups excluding carboxylic acids is 1. The van der Waals surface area contributed by atoms with E-state index in [-0.39, 0.29) is 15.5 Å². The second kappa shape index (κ2) is 12.9. The molecule has 0 bridgehead atoms. The minimum Gasteiger partial charge on any atom is -0.493 e. The fourth-order valence-corrected chi connectivity index (χ4v) is 7.56.